The molecule has 2 aliphatic rings. The predicted octanol–water partition coefficient (Wildman–Crippen LogP) is 6.60. The third kappa shape index (κ3) is 4.53. The maximum Gasteiger partial charge on any atom is 0.255 e. The van der Waals surface area contributed by atoms with Crippen LogP contribution >= 0.6 is 23.4 Å². The third-order valence-corrected chi connectivity index (χ3v) is 7.13. The van der Waals surface area contributed by atoms with Gasteiger partial charge in [0.15, 0.2) is 11.6 Å². The van der Waals surface area contributed by atoms with Crippen LogP contribution in [0, 0.1) is 0 Å². The van der Waals surface area contributed by atoms with Crippen LogP contribution in [-0.2, 0) is 4.79 Å². The highest BCUT2D eigenvalue weighted by Crippen LogP contribution is 2.40. The Bertz CT molecular complexity index is 1470. The van der Waals surface area contributed by atoms with E-state index in [4.69, 9.17) is 11.6 Å². The number of carbonyl (C=O) groups is 3. The molecule has 1 N–H and O–H groups in total. The number of alkyl halides is 1. The smallest absolute Gasteiger partial charge is 0.255 e. The summed E-state index contributed by atoms with van der Waals surface area (Å²) in [6, 6.07) is 19.9. The standard InChI is InChI=1S/C29H20ClNO3S/c1-29(30)16-7-8-18(15-17-29)28(34)31-22-13-14-23(35-19-9-3-2-4-10-19)25-24(22)26(32)20-11-5-6-12-21(20)27(25)33/h2-17H,1H3,(H,31,34). The molecule has 0 aromatic heterocycles. The Kier molecular flexibility index (Phi) is 6.05. The lowest BCUT2D eigenvalue weighted by Gasteiger charge is -2.23. The average molecular weight is 498 g/mol. The van der Waals surface area contributed by atoms with E-state index in [0.717, 1.165) is 4.90 Å². The summed E-state index contributed by atoms with van der Waals surface area (Å²) in [7, 11) is 0. The lowest BCUT2D eigenvalue weighted by Crippen LogP contribution is -2.25. The molecular formula is C29H20ClNO3S. The van der Waals surface area contributed by atoms with Gasteiger partial charge in [-0.1, -0.05) is 78.5 Å². The van der Waals surface area contributed by atoms with Gasteiger partial charge in [-0.15, -0.1) is 11.6 Å². The van der Waals surface area contributed by atoms with Crippen molar-refractivity contribution in [3.05, 3.63) is 125 Å². The molecule has 172 valence electrons. The third-order valence-electron chi connectivity index (χ3n) is 5.81. The molecule has 0 aliphatic heterocycles. The molecule has 0 radical (unpaired) electrons. The van der Waals surface area contributed by atoms with Crippen LogP contribution in [0.15, 0.2) is 112 Å². The first-order valence-electron chi connectivity index (χ1n) is 11.0. The highest BCUT2D eigenvalue weighted by Gasteiger charge is 2.34. The van der Waals surface area contributed by atoms with Crippen molar-refractivity contribution >= 4 is 46.5 Å². The molecule has 6 heteroatoms. The summed E-state index contributed by atoms with van der Waals surface area (Å²) in [5.74, 6) is -0.927. The second-order valence-corrected chi connectivity index (χ2v) is 10.3. The summed E-state index contributed by atoms with van der Waals surface area (Å²) in [6.45, 7) is 1.82. The molecule has 3 aromatic carbocycles. The molecule has 0 spiro atoms. The van der Waals surface area contributed by atoms with Crippen LogP contribution in [0.25, 0.3) is 0 Å². The fraction of sp³-hybridized carbons (Fsp3) is 0.0690. The van der Waals surface area contributed by atoms with Crippen LogP contribution in [0.2, 0.25) is 0 Å². The number of rotatable bonds is 4. The first-order chi connectivity index (χ1) is 16.8. The highest BCUT2D eigenvalue weighted by atomic mass is 35.5. The van der Waals surface area contributed by atoms with Crippen molar-refractivity contribution < 1.29 is 14.4 Å². The zero-order chi connectivity index (χ0) is 24.6. The molecule has 4 nitrogen and oxygen atoms in total. The van der Waals surface area contributed by atoms with Crippen LogP contribution in [0.4, 0.5) is 5.69 Å². The maximum absolute atomic E-state index is 13.6. The molecule has 0 saturated carbocycles. The van der Waals surface area contributed by atoms with Gasteiger partial charge in [-0.3, -0.25) is 14.4 Å². The van der Waals surface area contributed by atoms with Crippen LogP contribution in [0.3, 0.4) is 0 Å². The number of hydrogen-bond donors (Lipinski definition) is 1. The van der Waals surface area contributed by atoms with Crippen LogP contribution in [0.5, 0.6) is 0 Å². The van der Waals surface area contributed by atoms with E-state index in [2.05, 4.69) is 5.32 Å². The molecule has 5 rings (SSSR count). The first kappa shape index (κ1) is 23.1. The molecule has 3 aromatic rings. The number of carbonyl (C=O) groups excluding carboxylic acids is 3. The lowest BCUT2D eigenvalue weighted by atomic mass is 9.83. The maximum atomic E-state index is 13.6. The zero-order valence-electron chi connectivity index (χ0n) is 18.7. The number of benzene rings is 3. The Balaban J connectivity index is 1.59. The summed E-state index contributed by atoms with van der Waals surface area (Å²) in [4.78, 5) is 41.2. The van der Waals surface area contributed by atoms with Gasteiger partial charge in [0.25, 0.3) is 5.91 Å². The Morgan fingerprint density at radius 1 is 0.857 bits per heavy atom. The first-order valence-corrected chi connectivity index (χ1v) is 12.2. The van der Waals surface area contributed by atoms with Gasteiger partial charge in [0.1, 0.15) is 0 Å². The minimum Gasteiger partial charge on any atom is -0.321 e. The van der Waals surface area contributed by atoms with Crippen LogP contribution < -0.4 is 5.32 Å². The van der Waals surface area contributed by atoms with Gasteiger partial charge in [-0.2, -0.15) is 0 Å². The molecule has 0 saturated heterocycles. The van der Waals surface area contributed by atoms with Crippen molar-refractivity contribution in [3.63, 3.8) is 0 Å². The quantitative estimate of drug-likeness (QED) is 0.322. The van der Waals surface area contributed by atoms with Gasteiger partial charge in [0.2, 0.25) is 0 Å². The molecule has 0 fully saturated rings. The minimum absolute atomic E-state index is 0.207. The van der Waals surface area contributed by atoms with Crippen molar-refractivity contribution in [1.82, 2.24) is 0 Å². The van der Waals surface area contributed by atoms with Crippen molar-refractivity contribution in [2.24, 2.45) is 0 Å². The van der Waals surface area contributed by atoms with Crippen LogP contribution in [0.1, 0.15) is 38.8 Å². The van der Waals surface area contributed by atoms with Gasteiger partial charge in [-0.25, -0.2) is 0 Å². The second-order valence-electron chi connectivity index (χ2n) is 8.40. The summed E-state index contributed by atoms with van der Waals surface area (Å²) < 4.78 is 0. The number of fused-ring (bicyclic) bond motifs is 2. The van der Waals surface area contributed by atoms with E-state index in [1.807, 2.05) is 37.3 Å². The van der Waals surface area contributed by atoms with Gasteiger partial charge >= 0.3 is 0 Å². The van der Waals surface area contributed by atoms with Crippen LogP contribution in [-0.4, -0.2) is 22.3 Å². The summed E-state index contributed by atoms with van der Waals surface area (Å²) in [5.41, 5.74) is 1.89. The van der Waals surface area contributed by atoms with Gasteiger partial charge < -0.3 is 5.32 Å². The molecule has 0 heterocycles. The fourth-order valence-electron chi connectivity index (χ4n) is 4.05. The molecule has 0 bridgehead atoms. The van der Waals surface area contributed by atoms with Gasteiger partial charge in [0, 0.05) is 32.1 Å². The van der Waals surface area contributed by atoms with E-state index >= 15 is 0 Å². The molecule has 2 aliphatic carbocycles. The molecule has 35 heavy (non-hydrogen) atoms. The monoisotopic (exact) mass is 497 g/mol. The minimum atomic E-state index is -0.694. The SMILES string of the molecule is CC1(Cl)C=CC=C(C(=O)Nc2ccc(Sc3ccccc3)c3c2C(=O)c2ccccc2C3=O)C=C1. The molecular weight excluding hydrogens is 478 g/mol. The molecule has 1 unspecified atom stereocenters. The summed E-state index contributed by atoms with van der Waals surface area (Å²) in [6.07, 6.45) is 8.54. The van der Waals surface area contributed by atoms with Crippen molar-refractivity contribution in [2.45, 2.75) is 21.6 Å². The van der Waals surface area contributed by atoms with E-state index in [1.54, 1.807) is 66.8 Å². The van der Waals surface area contributed by atoms with Gasteiger partial charge in [-0.05, 0) is 37.3 Å². The van der Waals surface area contributed by atoms with Gasteiger partial charge in [0.05, 0.1) is 16.1 Å². The average Bonchev–Trinajstić information content (AvgIpc) is 3.04. The summed E-state index contributed by atoms with van der Waals surface area (Å²) >= 11 is 7.75. The van der Waals surface area contributed by atoms with Crippen molar-refractivity contribution in [1.29, 1.82) is 0 Å². The van der Waals surface area contributed by atoms with E-state index in [-0.39, 0.29) is 17.1 Å². The highest BCUT2D eigenvalue weighted by molar-refractivity contribution is 7.99. The number of hydrogen-bond acceptors (Lipinski definition) is 4. The molecule has 1 atom stereocenters. The normalized spacial score (nSPS) is 18.4. The number of anilines is 1. The number of nitrogens with one attached hydrogen (secondary N) is 1. The number of allylic oxidation sites excluding steroid dienone is 4. The zero-order valence-corrected chi connectivity index (χ0v) is 20.3. The van der Waals surface area contributed by atoms with Crippen molar-refractivity contribution in [3.8, 4) is 0 Å². The van der Waals surface area contributed by atoms with E-state index in [9.17, 15) is 14.4 Å². The molecule has 1 amide bonds. The number of ketones is 2. The van der Waals surface area contributed by atoms with E-state index in [1.165, 1.54) is 11.8 Å². The Morgan fingerprint density at radius 3 is 2.23 bits per heavy atom. The summed E-state index contributed by atoms with van der Waals surface area (Å²) in [5, 5.41) is 2.85. The van der Waals surface area contributed by atoms with E-state index < -0.39 is 10.8 Å². The fourth-order valence-corrected chi connectivity index (χ4v) is 5.16. The second kappa shape index (κ2) is 9.17. The van der Waals surface area contributed by atoms with E-state index in [0.29, 0.717) is 32.8 Å². The lowest BCUT2D eigenvalue weighted by molar-refractivity contribution is -0.112. The number of amides is 1. The number of halogens is 1. The topological polar surface area (TPSA) is 63.2 Å². The predicted molar refractivity (Wildman–Crippen MR) is 140 cm³/mol. The van der Waals surface area contributed by atoms with Crippen molar-refractivity contribution in [2.75, 3.05) is 5.32 Å². The Labute approximate surface area is 212 Å². The Hall–Kier alpha value is -3.67. The largest absolute Gasteiger partial charge is 0.321 e. The Morgan fingerprint density at radius 2 is 1.51 bits per heavy atom.